The Balaban J connectivity index is 2.92. The molecule has 1 aromatic carbocycles. The summed E-state index contributed by atoms with van der Waals surface area (Å²) < 4.78 is 10.7. The van der Waals surface area contributed by atoms with E-state index in [4.69, 9.17) is 9.47 Å². The quantitative estimate of drug-likeness (QED) is 0.756. The van der Waals surface area contributed by atoms with E-state index in [1.807, 2.05) is 12.1 Å². The SMILES string of the molecule is CCNCCC(C)(C)c1ccc(OC)cc1OC. The zero-order chi connectivity index (χ0) is 13.6. The minimum atomic E-state index is 0.0831. The molecule has 1 aromatic rings. The fourth-order valence-corrected chi connectivity index (χ4v) is 2.07. The first kappa shape index (κ1) is 14.8. The maximum Gasteiger partial charge on any atom is 0.126 e. The molecular weight excluding hydrogens is 226 g/mol. The van der Waals surface area contributed by atoms with Crippen LogP contribution in [0.2, 0.25) is 0 Å². The number of benzene rings is 1. The van der Waals surface area contributed by atoms with Crippen molar-refractivity contribution >= 4 is 0 Å². The number of hydrogen-bond donors (Lipinski definition) is 1. The number of ether oxygens (including phenoxy) is 2. The highest BCUT2D eigenvalue weighted by Crippen LogP contribution is 2.36. The summed E-state index contributed by atoms with van der Waals surface area (Å²) >= 11 is 0. The Bertz CT molecular complexity index is 375. The fraction of sp³-hybridized carbons (Fsp3) is 0.600. The van der Waals surface area contributed by atoms with Crippen LogP contribution in [0.1, 0.15) is 32.8 Å². The molecule has 0 fully saturated rings. The van der Waals surface area contributed by atoms with E-state index in [1.54, 1.807) is 14.2 Å². The van der Waals surface area contributed by atoms with E-state index in [0.29, 0.717) is 0 Å². The minimum Gasteiger partial charge on any atom is -0.497 e. The third kappa shape index (κ3) is 3.64. The van der Waals surface area contributed by atoms with Crippen molar-refractivity contribution in [1.29, 1.82) is 0 Å². The smallest absolute Gasteiger partial charge is 0.126 e. The van der Waals surface area contributed by atoms with Gasteiger partial charge in [0.05, 0.1) is 14.2 Å². The number of hydrogen-bond acceptors (Lipinski definition) is 3. The van der Waals surface area contributed by atoms with E-state index in [0.717, 1.165) is 31.0 Å². The molecule has 0 aromatic heterocycles. The first-order valence-corrected chi connectivity index (χ1v) is 6.48. The van der Waals surface area contributed by atoms with Crippen LogP contribution in [0.3, 0.4) is 0 Å². The van der Waals surface area contributed by atoms with Crippen molar-refractivity contribution in [2.45, 2.75) is 32.6 Å². The van der Waals surface area contributed by atoms with E-state index < -0.39 is 0 Å². The van der Waals surface area contributed by atoms with Gasteiger partial charge in [-0.3, -0.25) is 0 Å². The molecule has 0 aliphatic carbocycles. The van der Waals surface area contributed by atoms with Crippen LogP contribution in [0.4, 0.5) is 0 Å². The van der Waals surface area contributed by atoms with Crippen LogP contribution in [-0.4, -0.2) is 27.3 Å². The van der Waals surface area contributed by atoms with Crippen LogP contribution in [0, 0.1) is 0 Å². The van der Waals surface area contributed by atoms with Gasteiger partial charge in [-0.1, -0.05) is 26.8 Å². The lowest BCUT2D eigenvalue weighted by molar-refractivity contribution is 0.372. The summed E-state index contributed by atoms with van der Waals surface area (Å²) in [5.41, 5.74) is 1.31. The van der Waals surface area contributed by atoms with E-state index in [2.05, 4.69) is 32.2 Å². The molecule has 0 atom stereocenters. The number of nitrogens with one attached hydrogen (secondary N) is 1. The van der Waals surface area contributed by atoms with Crippen LogP contribution in [-0.2, 0) is 5.41 Å². The predicted molar refractivity (Wildman–Crippen MR) is 75.7 cm³/mol. The van der Waals surface area contributed by atoms with E-state index >= 15 is 0 Å². The molecule has 0 radical (unpaired) electrons. The molecule has 0 bridgehead atoms. The van der Waals surface area contributed by atoms with Gasteiger partial charge in [-0.25, -0.2) is 0 Å². The van der Waals surface area contributed by atoms with Gasteiger partial charge in [0.15, 0.2) is 0 Å². The van der Waals surface area contributed by atoms with E-state index in [9.17, 15) is 0 Å². The molecule has 0 saturated carbocycles. The van der Waals surface area contributed by atoms with Gasteiger partial charge in [0.25, 0.3) is 0 Å². The van der Waals surface area contributed by atoms with Gasteiger partial charge in [-0.05, 0) is 31.0 Å². The maximum absolute atomic E-state index is 5.48. The molecule has 18 heavy (non-hydrogen) atoms. The van der Waals surface area contributed by atoms with E-state index in [1.165, 1.54) is 5.56 Å². The zero-order valence-electron chi connectivity index (χ0n) is 12.2. The Morgan fingerprint density at radius 2 is 1.89 bits per heavy atom. The molecule has 3 heteroatoms. The minimum absolute atomic E-state index is 0.0831. The number of methoxy groups -OCH3 is 2. The second-order valence-electron chi connectivity index (χ2n) is 5.05. The van der Waals surface area contributed by atoms with Crippen molar-refractivity contribution in [1.82, 2.24) is 5.32 Å². The fourth-order valence-electron chi connectivity index (χ4n) is 2.07. The van der Waals surface area contributed by atoms with Crippen LogP contribution in [0.5, 0.6) is 11.5 Å². The molecule has 0 heterocycles. The van der Waals surface area contributed by atoms with Crippen molar-refractivity contribution < 1.29 is 9.47 Å². The predicted octanol–water partition coefficient (Wildman–Crippen LogP) is 2.98. The van der Waals surface area contributed by atoms with Gasteiger partial charge in [0, 0.05) is 11.6 Å². The summed E-state index contributed by atoms with van der Waals surface area (Å²) in [7, 11) is 3.38. The molecule has 3 nitrogen and oxygen atoms in total. The molecule has 1 N–H and O–H groups in total. The van der Waals surface area contributed by atoms with Gasteiger partial charge < -0.3 is 14.8 Å². The first-order valence-electron chi connectivity index (χ1n) is 6.48. The molecule has 1 rings (SSSR count). The summed E-state index contributed by atoms with van der Waals surface area (Å²) in [6.45, 7) is 8.64. The number of rotatable bonds is 7. The van der Waals surface area contributed by atoms with Crippen LogP contribution < -0.4 is 14.8 Å². The first-order chi connectivity index (χ1) is 8.55. The summed E-state index contributed by atoms with van der Waals surface area (Å²) in [6.07, 6.45) is 1.07. The lowest BCUT2D eigenvalue weighted by atomic mass is 9.81. The van der Waals surface area contributed by atoms with Crippen molar-refractivity contribution in [2.75, 3.05) is 27.3 Å². The van der Waals surface area contributed by atoms with Crippen molar-refractivity contribution in [3.63, 3.8) is 0 Å². The largest absolute Gasteiger partial charge is 0.497 e. The summed E-state index contributed by atoms with van der Waals surface area (Å²) in [6, 6.07) is 6.04. The van der Waals surface area contributed by atoms with Crippen LogP contribution in [0.25, 0.3) is 0 Å². The summed E-state index contributed by atoms with van der Waals surface area (Å²) in [5.74, 6) is 1.73. The van der Waals surface area contributed by atoms with Gasteiger partial charge in [0.1, 0.15) is 11.5 Å². The topological polar surface area (TPSA) is 30.5 Å². The second-order valence-corrected chi connectivity index (χ2v) is 5.05. The van der Waals surface area contributed by atoms with E-state index in [-0.39, 0.29) is 5.41 Å². The Morgan fingerprint density at radius 1 is 1.17 bits per heavy atom. The lowest BCUT2D eigenvalue weighted by Crippen LogP contribution is -2.25. The highest BCUT2D eigenvalue weighted by molar-refractivity contribution is 5.44. The van der Waals surface area contributed by atoms with Crippen molar-refractivity contribution in [3.8, 4) is 11.5 Å². The molecule has 0 spiro atoms. The molecule has 0 saturated heterocycles. The van der Waals surface area contributed by atoms with Crippen LogP contribution in [0.15, 0.2) is 18.2 Å². The maximum atomic E-state index is 5.48. The highest BCUT2D eigenvalue weighted by Gasteiger charge is 2.24. The normalized spacial score (nSPS) is 11.4. The lowest BCUT2D eigenvalue weighted by Gasteiger charge is -2.27. The molecule has 102 valence electrons. The average Bonchev–Trinajstić information content (AvgIpc) is 2.38. The highest BCUT2D eigenvalue weighted by atomic mass is 16.5. The monoisotopic (exact) mass is 251 g/mol. The van der Waals surface area contributed by atoms with Gasteiger partial charge in [-0.2, -0.15) is 0 Å². The van der Waals surface area contributed by atoms with Crippen LogP contribution >= 0.6 is 0 Å². The Hall–Kier alpha value is -1.22. The Morgan fingerprint density at radius 3 is 2.44 bits per heavy atom. The van der Waals surface area contributed by atoms with Gasteiger partial charge in [0.2, 0.25) is 0 Å². The summed E-state index contributed by atoms with van der Waals surface area (Å²) in [5, 5.41) is 3.37. The molecule has 0 amide bonds. The van der Waals surface area contributed by atoms with Crippen molar-refractivity contribution in [2.24, 2.45) is 0 Å². The molecule has 0 aliphatic heterocycles. The summed E-state index contributed by atoms with van der Waals surface area (Å²) in [4.78, 5) is 0. The average molecular weight is 251 g/mol. The van der Waals surface area contributed by atoms with Gasteiger partial charge in [-0.15, -0.1) is 0 Å². The zero-order valence-corrected chi connectivity index (χ0v) is 12.2. The molecule has 0 unspecified atom stereocenters. The van der Waals surface area contributed by atoms with Crippen molar-refractivity contribution in [3.05, 3.63) is 23.8 Å². The second kappa shape index (κ2) is 6.64. The molecular formula is C15H25NO2. The van der Waals surface area contributed by atoms with Gasteiger partial charge >= 0.3 is 0 Å². The standard InChI is InChI=1S/C15H25NO2/c1-6-16-10-9-15(2,3)13-8-7-12(17-4)11-14(13)18-5/h7-8,11,16H,6,9-10H2,1-5H3. The molecule has 0 aliphatic rings. The third-order valence-corrected chi connectivity index (χ3v) is 3.31. The third-order valence-electron chi connectivity index (χ3n) is 3.31. The Labute approximate surface area is 110 Å². The Kier molecular flexibility index (Phi) is 5.48.